The van der Waals surface area contributed by atoms with Gasteiger partial charge in [0.15, 0.2) is 0 Å². The molecule has 1 fully saturated rings. The van der Waals surface area contributed by atoms with Crippen LogP contribution >= 0.6 is 0 Å². The summed E-state index contributed by atoms with van der Waals surface area (Å²) in [6.45, 7) is 0. The molecule has 1 heterocycles. The van der Waals surface area contributed by atoms with Crippen LogP contribution in [0.2, 0.25) is 0 Å². The highest BCUT2D eigenvalue weighted by atomic mass is 16.1. The van der Waals surface area contributed by atoms with Crippen LogP contribution in [0, 0.1) is 0 Å². The predicted molar refractivity (Wildman–Crippen MR) is 72.2 cm³/mol. The fourth-order valence-electron chi connectivity index (χ4n) is 1.88. The lowest BCUT2D eigenvalue weighted by molar-refractivity contribution is 0.903. The first-order valence-electron chi connectivity index (χ1n) is 6.16. The summed E-state index contributed by atoms with van der Waals surface area (Å²) >= 11 is 0. The van der Waals surface area contributed by atoms with E-state index in [1.807, 2.05) is 42.5 Å². The Hall–Kier alpha value is -2.16. The molecule has 1 saturated carbocycles. The molecule has 0 saturated heterocycles. The van der Waals surface area contributed by atoms with Crippen LogP contribution in [0.5, 0.6) is 0 Å². The Balaban J connectivity index is 1.88. The lowest BCUT2D eigenvalue weighted by atomic mass is 10.2. The van der Waals surface area contributed by atoms with Crippen molar-refractivity contribution in [2.24, 2.45) is 0 Å². The van der Waals surface area contributed by atoms with Gasteiger partial charge in [-0.05, 0) is 24.5 Å². The van der Waals surface area contributed by atoms with Gasteiger partial charge in [0.05, 0.1) is 5.69 Å². The first kappa shape index (κ1) is 11.0. The molecule has 3 heteroatoms. The number of hydrogen-bond acceptors (Lipinski definition) is 2. The fraction of sp³-hybridized carbons (Fsp3) is 0.200. The average molecular weight is 238 g/mol. The molecular weight excluding hydrogens is 224 g/mol. The van der Waals surface area contributed by atoms with Gasteiger partial charge in [-0.3, -0.25) is 4.79 Å². The summed E-state index contributed by atoms with van der Waals surface area (Å²) in [5.41, 5.74) is 1.76. The summed E-state index contributed by atoms with van der Waals surface area (Å²) in [6, 6.07) is 11.5. The van der Waals surface area contributed by atoms with Crippen LogP contribution in [0.15, 0.2) is 41.2 Å². The van der Waals surface area contributed by atoms with Crippen molar-refractivity contribution in [2.45, 2.75) is 18.8 Å². The van der Waals surface area contributed by atoms with Crippen LogP contribution in [0.4, 0.5) is 0 Å². The van der Waals surface area contributed by atoms with Crippen LogP contribution in [-0.2, 0) is 0 Å². The third-order valence-corrected chi connectivity index (χ3v) is 2.99. The van der Waals surface area contributed by atoms with E-state index < -0.39 is 0 Å². The second-order valence-corrected chi connectivity index (χ2v) is 4.57. The highest BCUT2D eigenvalue weighted by molar-refractivity contribution is 5.67. The van der Waals surface area contributed by atoms with Crippen molar-refractivity contribution in [3.05, 3.63) is 63.8 Å². The molecule has 1 aliphatic carbocycles. The molecule has 18 heavy (non-hydrogen) atoms. The summed E-state index contributed by atoms with van der Waals surface area (Å²) in [5, 5.41) is 0. The zero-order valence-corrected chi connectivity index (χ0v) is 9.97. The van der Waals surface area contributed by atoms with E-state index in [9.17, 15) is 4.79 Å². The number of aromatic nitrogens is 2. The van der Waals surface area contributed by atoms with Crippen LogP contribution in [-0.4, -0.2) is 9.97 Å². The van der Waals surface area contributed by atoms with Crippen molar-refractivity contribution >= 4 is 12.2 Å². The first-order valence-corrected chi connectivity index (χ1v) is 6.16. The summed E-state index contributed by atoms with van der Waals surface area (Å²) in [7, 11) is 0. The minimum atomic E-state index is -0.0698. The quantitative estimate of drug-likeness (QED) is 0.893. The number of rotatable bonds is 3. The van der Waals surface area contributed by atoms with E-state index in [0.717, 1.165) is 29.9 Å². The Bertz CT molecular complexity index is 624. The number of nitrogens with one attached hydrogen (secondary N) is 1. The largest absolute Gasteiger partial charge is 0.310 e. The van der Waals surface area contributed by atoms with E-state index in [1.165, 1.54) is 6.07 Å². The summed E-state index contributed by atoms with van der Waals surface area (Å²) < 4.78 is 0. The normalized spacial score (nSPS) is 15.1. The van der Waals surface area contributed by atoms with E-state index in [4.69, 9.17) is 0 Å². The third kappa shape index (κ3) is 2.56. The highest BCUT2D eigenvalue weighted by Gasteiger charge is 2.26. The summed E-state index contributed by atoms with van der Waals surface area (Å²) in [6.07, 6.45) is 6.12. The maximum Gasteiger partial charge on any atom is 0.251 e. The van der Waals surface area contributed by atoms with Crippen molar-refractivity contribution in [1.29, 1.82) is 0 Å². The maximum atomic E-state index is 11.5. The number of H-pyrrole nitrogens is 1. The third-order valence-electron chi connectivity index (χ3n) is 2.99. The van der Waals surface area contributed by atoms with E-state index in [0.29, 0.717) is 5.92 Å². The van der Waals surface area contributed by atoms with E-state index in [-0.39, 0.29) is 5.56 Å². The minimum Gasteiger partial charge on any atom is -0.310 e. The number of hydrogen-bond donors (Lipinski definition) is 1. The zero-order valence-electron chi connectivity index (χ0n) is 9.97. The van der Waals surface area contributed by atoms with Crippen molar-refractivity contribution in [2.75, 3.05) is 0 Å². The Labute approximate surface area is 105 Å². The lowest BCUT2D eigenvalue weighted by Gasteiger charge is -1.98. The smallest absolute Gasteiger partial charge is 0.251 e. The van der Waals surface area contributed by atoms with Gasteiger partial charge in [-0.2, -0.15) is 0 Å². The highest BCUT2D eigenvalue weighted by Crippen LogP contribution is 2.37. The molecular formula is C15H14N2O. The van der Waals surface area contributed by atoms with Gasteiger partial charge in [-0.25, -0.2) is 4.98 Å². The zero-order chi connectivity index (χ0) is 12.4. The molecule has 90 valence electrons. The number of nitrogens with zero attached hydrogens (tertiary/aromatic N) is 1. The molecule has 0 atom stereocenters. The molecule has 0 amide bonds. The van der Waals surface area contributed by atoms with Crippen molar-refractivity contribution in [3.8, 4) is 0 Å². The van der Waals surface area contributed by atoms with Gasteiger partial charge in [0.25, 0.3) is 5.56 Å². The lowest BCUT2D eigenvalue weighted by Crippen LogP contribution is -2.10. The topological polar surface area (TPSA) is 45.8 Å². The maximum absolute atomic E-state index is 11.5. The Kier molecular flexibility index (Phi) is 2.81. The predicted octanol–water partition coefficient (Wildman–Crippen LogP) is 2.82. The molecule has 0 spiro atoms. The molecule has 3 rings (SSSR count). The van der Waals surface area contributed by atoms with Gasteiger partial charge in [0.1, 0.15) is 5.82 Å². The van der Waals surface area contributed by atoms with Crippen LogP contribution < -0.4 is 5.56 Å². The van der Waals surface area contributed by atoms with Gasteiger partial charge in [0, 0.05) is 12.0 Å². The van der Waals surface area contributed by atoms with E-state index in [1.54, 1.807) is 0 Å². The molecule has 1 aromatic heterocycles. The molecule has 0 unspecified atom stereocenters. The second-order valence-electron chi connectivity index (χ2n) is 4.57. The van der Waals surface area contributed by atoms with E-state index in [2.05, 4.69) is 9.97 Å². The molecule has 0 aliphatic heterocycles. The molecule has 1 aromatic carbocycles. The van der Waals surface area contributed by atoms with Crippen LogP contribution in [0.25, 0.3) is 12.2 Å². The van der Waals surface area contributed by atoms with E-state index >= 15 is 0 Å². The van der Waals surface area contributed by atoms with Crippen molar-refractivity contribution < 1.29 is 0 Å². The average Bonchev–Trinajstić information content (AvgIpc) is 3.21. The molecule has 0 radical (unpaired) electrons. The van der Waals surface area contributed by atoms with Crippen LogP contribution in [0.3, 0.4) is 0 Å². The van der Waals surface area contributed by atoms with Gasteiger partial charge in [-0.1, -0.05) is 36.4 Å². The Morgan fingerprint density at radius 3 is 2.67 bits per heavy atom. The SMILES string of the molecule is O=c1cc(/C=C/c2ccccc2)nc(C2CC2)[nH]1. The molecule has 2 aromatic rings. The van der Waals surface area contributed by atoms with Gasteiger partial charge in [-0.15, -0.1) is 0 Å². The molecule has 0 bridgehead atoms. The number of benzene rings is 1. The summed E-state index contributed by atoms with van der Waals surface area (Å²) in [4.78, 5) is 18.8. The monoisotopic (exact) mass is 238 g/mol. The Morgan fingerprint density at radius 1 is 1.17 bits per heavy atom. The van der Waals surface area contributed by atoms with Crippen molar-refractivity contribution in [3.63, 3.8) is 0 Å². The van der Waals surface area contributed by atoms with Gasteiger partial charge < -0.3 is 4.98 Å². The Morgan fingerprint density at radius 2 is 1.94 bits per heavy atom. The summed E-state index contributed by atoms with van der Waals surface area (Å²) in [5.74, 6) is 1.29. The molecule has 1 N–H and O–H groups in total. The van der Waals surface area contributed by atoms with Crippen molar-refractivity contribution in [1.82, 2.24) is 9.97 Å². The second kappa shape index (κ2) is 4.61. The minimum absolute atomic E-state index is 0.0698. The molecule has 3 nitrogen and oxygen atoms in total. The number of aromatic amines is 1. The van der Waals surface area contributed by atoms with Gasteiger partial charge in [0.2, 0.25) is 0 Å². The van der Waals surface area contributed by atoms with Gasteiger partial charge >= 0.3 is 0 Å². The fourth-order valence-corrected chi connectivity index (χ4v) is 1.88. The van der Waals surface area contributed by atoms with Crippen LogP contribution in [0.1, 0.15) is 35.8 Å². The standard InChI is InChI=1S/C15H14N2O/c18-14-10-13(16-15(17-14)12-7-8-12)9-6-11-4-2-1-3-5-11/h1-6,9-10,12H,7-8H2,(H,16,17,18)/b9-6+. The first-order chi connectivity index (χ1) is 8.81. The molecule has 1 aliphatic rings.